The van der Waals surface area contributed by atoms with Gasteiger partial charge in [0.05, 0.1) is 17.1 Å². The standard InChI is InChI=1S/C15H14N4O2S3/c1-22-8-12-18-9(7-24-12)5-17-14(20)10-6-16-13(19-15(10)21)11-3-2-4-23-11/h2-4,6-7H,5,8H2,1H3,(H,17,20)(H,16,19,21). The number of amides is 1. The van der Waals surface area contributed by atoms with Crippen molar-refractivity contribution in [1.82, 2.24) is 20.3 Å². The number of thiazole rings is 1. The fraction of sp³-hybridized carbons (Fsp3) is 0.200. The molecule has 0 aliphatic rings. The Morgan fingerprint density at radius 2 is 2.29 bits per heavy atom. The number of hydrogen-bond acceptors (Lipinski definition) is 7. The van der Waals surface area contributed by atoms with E-state index >= 15 is 0 Å². The molecule has 0 radical (unpaired) electrons. The van der Waals surface area contributed by atoms with E-state index in [0.717, 1.165) is 21.3 Å². The number of carbonyl (C=O) groups is 1. The highest BCUT2D eigenvalue weighted by molar-refractivity contribution is 7.97. The molecule has 9 heteroatoms. The maximum atomic E-state index is 12.2. The molecule has 0 unspecified atom stereocenters. The molecule has 1 amide bonds. The summed E-state index contributed by atoms with van der Waals surface area (Å²) >= 11 is 4.73. The van der Waals surface area contributed by atoms with Crippen LogP contribution < -0.4 is 10.9 Å². The molecule has 0 atom stereocenters. The molecule has 3 aromatic heterocycles. The summed E-state index contributed by atoms with van der Waals surface area (Å²) in [7, 11) is 0. The van der Waals surface area contributed by atoms with Crippen LogP contribution in [0, 0.1) is 0 Å². The van der Waals surface area contributed by atoms with Crippen molar-refractivity contribution in [3.8, 4) is 10.7 Å². The van der Waals surface area contributed by atoms with Gasteiger partial charge >= 0.3 is 0 Å². The lowest BCUT2D eigenvalue weighted by Gasteiger charge is -2.03. The van der Waals surface area contributed by atoms with Crippen molar-refractivity contribution in [2.24, 2.45) is 0 Å². The van der Waals surface area contributed by atoms with Gasteiger partial charge in [0.15, 0.2) is 0 Å². The van der Waals surface area contributed by atoms with Gasteiger partial charge in [-0.15, -0.1) is 22.7 Å². The summed E-state index contributed by atoms with van der Waals surface area (Å²) < 4.78 is 0. The highest BCUT2D eigenvalue weighted by atomic mass is 32.2. The van der Waals surface area contributed by atoms with Crippen molar-refractivity contribution in [2.45, 2.75) is 12.3 Å². The van der Waals surface area contributed by atoms with Gasteiger partial charge in [0.1, 0.15) is 16.4 Å². The Morgan fingerprint density at radius 1 is 1.42 bits per heavy atom. The fourth-order valence-corrected chi connectivity index (χ4v) is 4.17. The fourth-order valence-electron chi connectivity index (χ4n) is 1.98. The van der Waals surface area contributed by atoms with Gasteiger partial charge in [0.25, 0.3) is 11.5 Å². The largest absolute Gasteiger partial charge is 0.346 e. The summed E-state index contributed by atoms with van der Waals surface area (Å²) in [6.45, 7) is 0.288. The summed E-state index contributed by atoms with van der Waals surface area (Å²) in [5, 5.41) is 7.54. The first kappa shape index (κ1) is 16.9. The summed E-state index contributed by atoms with van der Waals surface area (Å²) in [4.78, 5) is 36.4. The van der Waals surface area contributed by atoms with Gasteiger partial charge in [-0.1, -0.05) is 6.07 Å². The van der Waals surface area contributed by atoms with Gasteiger partial charge in [0, 0.05) is 17.3 Å². The van der Waals surface area contributed by atoms with Gasteiger partial charge < -0.3 is 10.3 Å². The van der Waals surface area contributed by atoms with Crippen molar-refractivity contribution in [2.75, 3.05) is 6.26 Å². The molecule has 6 nitrogen and oxygen atoms in total. The van der Waals surface area contributed by atoms with E-state index in [9.17, 15) is 9.59 Å². The van der Waals surface area contributed by atoms with Crippen molar-refractivity contribution in [3.05, 3.63) is 55.7 Å². The van der Waals surface area contributed by atoms with Crippen LogP contribution in [0.5, 0.6) is 0 Å². The Balaban J connectivity index is 1.67. The Bertz CT molecular complexity index is 886. The zero-order chi connectivity index (χ0) is 16.9. The van der Waals surface area contributed by atoms with E-state index < -0.39 is 11.5 Å². The quantitative estimate of drug-likeness (QED) is 0.689. The highest BCUT2D eigenvalue weighted by Gasteiger charge is 2.13. The average Bonchev–Trinajstić information content (AvgIpc) is 3.25. The van der Waals surface area contributed by atoms with Crippen LogP contribution in [0.3, 0.4) is 0 Å². The molecule has 0 spiro atoms. The molecule has 0 saturated heterocycles. The van der Waals surface area contributed by atoms with E-state index in [2.05, 4.69) is 20.3 Å². The molecular weight excluding hydrogens is 364 g/mol. The lowest BCUT2D eigenvalue weighted by Crippen LogP contribution is -2.29. The van der Waals surface area contributed by atoms with E-state index in [-0.39, 0.29) is 12.1 Å². The minimum absolute atomic E-state index is 0.00475. The molecule has 124 valence electrons. The summed E-state index contributed by atoms with van der Waals surface area (Å²) in [6.07, 6.45) is 3.32. The van der Waals surface area contributed by atoms with Crippen LogP contribution in [0.4, 0.5) is 0 Å². The van der Waals surface area contributed by atoms with Crippen LogP contribution in [-0.2, 0) is 12.3 Å². The van der Waals surface area contributed by atoms with Crippen LogP contribution in [0.2, 0.25) is 0 Å². The summed E-state index contributed by atoms with van der Waals surface area (Å²) in [5.74, 6) is 0.862. The molecule has 0 aliphatic carbocycles. The molecule has 0 aromatic carbocycles. The zero-order valence-corrected chi connectivity index (χ0v) is 15.2. The number of thiophene rings is 1. The van der Waals surface area contributed by atoms with Gasteiger partial charge in [-0.05, 0) is 17.7 Å². The predicted molar refractivity (Wildman–Crippen MR) is 98.7 cm³/mol. The minimum Gasteiger partial charge on any atom is -0.346 e. The normalized spacial score (nSPS) is 10.7. The van der Waals surface area contributed by atoms with Gasteiger partial charge in [-0.2, -0.15) is 11.8 Å². The van der Waals surface area contributed by atoms with Crippen molar-refractivity contribution < 1.29 is 4.79 Å². The molecule has 0 aliphatic heterocycles. The Morgan fingerprint density at radius 3 is 3.00 bits per heavy atom. The maximum Gasteiger partial charge on any atom is 0.264 e. The molecule has 0 saturated carbocycles. The molecule has 3 rings (SSSR count). The molecule has 24 heavy (non-hydrogen) atoms. The van der Waals surface area contributed by atoms with Crippen LogP contribution in [0.15, 0.2) is 33.9 Å². The third-order valence-electron chi connectivity index (χ3n) is 3.10. The van der Waals surface area contributed by atoms with Crippen LogP contribution in [0.25, 0.3) is 10.7 Å². The molecule has 3 heterocycles. The Kier molecular flexibility index (Phi) is 5.44. The van der Waals surface area contributed by atoms with Crippen LogP contribution in [0.1, 0.15) is 21.1 Å². The van der Waals surface area contributed by atoms with Crippen LogP contribution >= 0.6 is 34.4 Å². The number of hydrogen-bond donors (Lipinski definition) is 2. The van der Waals surface area contributed by atoms with Gasteiger partial charge in [0.2, 0.25) is 0 Å². The van der Waals surface area contributed by atoms with E-state index in [4.69, 9.17) is 0 Å². The highest BCUT2D eigenvalue weighted by Crippen LogP contribution is 2.19. The maximum absolute atomic E-state index is 12.2. The number of H-pyrrole nitrogens is 1. The number of aromatic amines is 1. The average molecular weight is 379 g/mol. The van der Waals surface area contributed by atoms with Gasteiger partial charge in [-0.3, -0.25) is 9.59 Å². The molecule has 2 N–H and O–H groups in total. The Labute approximate surface area is 150 Å². The van der Waals surface area contributed by atoms with E-state index in [0.29, 0.717) is 5.82 Å². The van der Waals surface area contributed by atoms with Crippen LogP contribution in [-0.4, -0.2) is 27.1 Å². The van der Waals surface area contributed by atoms with Crippen molar-refractivity contribution in [1.29, 1.82) is 0 Å². The topological polar surface area (TPSA) is 87.7 Å². The van der Waals surface area contributed by atoms with Gasteiger partial charge in [-0.25, -0.2) is 9.97 Å². The second-order valence-corrected chi connectivity index (χ2v) is 7.56. The second kappa shape index (κ2) is 7.73. The Hall–Kier alpha value is -1.97. The van der Waals surface area contributed by atoms with E-state index in [1.165, 1.54) is 17.5 Å². The number of carbonyl (C=O) groups excluding carboxylic acids is 1. The molecular formula is C15H14N4O2S3. The number of nitrogens with one attached hydrogen (secondary N) is 2. The predicted octanol–water partition coefficient (Wildman–Crippen LogP) is 2.75. The molecule has 3 aromatic rings. The SMILES string of the molecule is CSCc1nc(CNC(=O)c2cnc(-c3cccs3)[nH]c2=O)cs1. The summed E-state index contributed by atoms with van der Waals surface area (Å²) in [6, 6.07) is 3.73. The molecule has 0 fully saturated rings. The number of rotatable bonds is 6. The number of aromatic nitrogens is 3. The second-order valence-electron chi connectivity index (χ2n) is 4.80. The third kappa shape index (κ3) is 3.92. The minimum atomic E-state index is -0.458. The first-order chi connectivity index (χ1) is 11.7. The lowest BCUT2D eigenvalue weighted by molar-refractivity contribution is 0.0948. The monoisotopic (exact) mass is 378 g/mol. The van der Waals surface area contributed by atoms with E-state index in [1.54, 1.807) is 23.1 Å². The van der Waals surface area contributed by atoms with E-state index in [1.807, 2.05) is 29.1 Å². The lowest BCUT2D eigenvalue weighted by atomic mass is 10.3. The number of nitrogens with zero attached hydrogens (tertiary/aromatic N) is 2. The van der Waals surface area contributed by atoms with Crippen molar-refractivity contribution in [3.63, 3.8) is 0 Å². The van der Waals surface area contributed by atoms with Crippen molar-refractivity contribution >= 4 is 40.3 Å². The smallest absolute Gasteiger partial charge is 0.264 e. The first-order valence-electron chi connectivity index (χ1n) is 7.01. The molecule has 0 bridgehead atoms. The third-order valence-corrected chi connectivity index (χ3v) is 5.61. The zero-order valence-electron chi connectivity index (χ0n) is 12.7. The number of thioether (sulfide) groups is 1. The first-order valence-corrected chi connectivity index (χ1v) is 10.2. The summed E-state index contributed by atoms with van der Waals surface area (Å²) in [5.41, 5.74) is 0.333.